The molecule has 0 aliphatic rings. The van der Waals surface area contributed by atoms with E-state index in [0.717, 1.165) is 12.0 Å². The molecule has 1 rings (SSSR count). The fourth-order valence-electron chi connectivity index (χ4n) is 1.26. The molecule has 5 N–H and O–H groups in total. The van der Waals surface area contributed by atoms with E-state index >= 15 is 0 Å². The molecule has 17 heavy (non-hydrogen) atoms. The van der Waals surface area contributed by atoms with Gasteiger partial charge in [-0.05, 0) is 13.3 Å². The van der Waals surface area contributed by atoms with Gasteiger partial charge in [-0.3, -0.25) is 4.79 Å². The first-order valence-electron chi connectivity index (χ1n) is 5.47. The van der Waals surface area contributed by atoms with Crippen molar-refractivity contribution in [2.24, 2.45) is 5.84 Å². The van der Waals surface area contributed by atoms with Gasteiger partial charge in [0.05, 0.1) is 6.54 Å². The van der Waals surface area contributed by atoms with Gasteiger partial charge < -0.3 is 16.1 Å². The minimum Gasteiger partial charge on any atom is -0.361 e. The number of hydrazine groups is 1. The van der Waals surface area contributed by atoms with E-state index in [4.69, 9.17) is 5.84 Å². The normalized spacial score (nSPS) is 9.82. The molecule has 0 saturated carbocycles. The minimum absolute atomic E-state index is 0.0629. The third-order valence-electron chi connectivity index (χ3n) is 2.21. The van der Waals surface area contributed by atoms with Crippen LogP contribution in [-0.2, 0) is 4.79 Å². The molecule has 0 spiro atoms. The first kappa shape index (κ1) is 13.2. The van der Waals surface area contributed by atoms with Crippen LogP contribution in [0, 0.1) is 6.92 Å². The third-order valence-corrected chi connectivity index (χ3v) is 2.21. The van der Waals surface area contributed by atoms with Gasteiger partial charge in [-0.1, -0.05) is 6.92 Å². The van der Waals surface area contributed by atoms with Crippen molar-refractivity contribution in [2.45, 2.75) is 20.3 Å². The smallest absolute Gasteiger partial charge is 0.239 e. The van der Waals surface area contributed by atoms with Crippen molar-refractivity contribution in [3.05, 3.63) is 11.9 Å². The van der Waals surface area contributed by atoms with Gasteiger partial charge in [0.15, 0.2) is 0 Å². The summed E-state index contributed by atoms with van der Waals surface area (Å²) in [5, 5.41) is 5.70. The summed E-state index contributed by atoms with van der Waals surface area (Å²) in [4.78, 5) is 19.4. The molecule has 7 nitrogen and oxygen atoms in total. The number of nitrogens with one attached hydrogen (secondary N) is 3. The number of nitrogens with zero attached hydrogens (tertiary/aromatic N) is 2. The molecule has 0 fully saturated rings. The van der Waals surface area contributed by atoms with E-state index in [1.165, 1.54) is 6.33 Å². The lowest BCUT2D eigenvalue weighted by Gasteiger charge is -2.10. The van der Waals surface area contributed by atoms with Gasteiger partial charge in [0.1, 0.15) is 18.0 Å². The average Bonchev–Trinajstić information content (AvgIpc) is 2.35. The number of hydrogen-bond acceptors (Lipinski definition) is 6. The van der Waals surface area contributed by atoms with Gasteiger partial charge >= 0.3 is 0 Å². The maximum absolute atomic E-state index is 11.4. The number of nitrogen functional groups attached to an aromatic ring is 1. The van der Waals surface area contributed by atoms with Crippen LogP contribution in [-0.4, -0.2) is 29.0 Å². The maximum atomic E-state index is 11.4. The number of carbonyl (C=O) groups is 1. The fraction of sp³-hybridized carbons (Fsp3) is 0.500. The first-order chi connectivity index (χ1) is 8.19. The van der Waals surface area contributed by atoms with Crippen LogP contribution in [0.2, 0.25) is 0 Å². The Hall–Kier alpha value is -1.89. The Balaban J connectivity index is 2.54. The number of amides is 1. The SMILES string of the molecule is CCCNC(=O)CNc1ncnc(NN)c1C. The van der Waals surface area contributed by atoms with Crippen LogP contribution in [0.4, 0.5) is 11.6 Å². The van der Waals surface area contributed by atoms with Crippen LogP contribution >= 0.6 is 0 Å². The Labute approximate surface area is 100 Å². The Morgan fingerprint density at radius 3 is 2.76 bits per heavy atom. The monoisotopic (exact) mass is 238 g/mol. The topological polar surface area (TPSA) is 105 Å². The van der Waals surface area contributed by atoms with Crippen LogP contribution in [0.1, 0.15) is 18.9 Å². The van der Waals surface area contributed by atoms with E-state index in [9.17, 15) is 4.79 Å². The number of carbonyl (C=O) groups excluding carboxylic acids is 1. The van der Waals surface area contributed by atoms with Crippen molar-refractivity contribution < 1.29 is 4.79 Å². The summed E-state index contributed by atoms with van der Waals surface area (Å²) in [6.45, 7) is 4.68. The standard InChI is InChI=1S/C10H18N6O/c1-3-4-12-8(17)5-13-9-7(2)10(16-11)15-6-14-9/h6H,3-5,11H2,1-2H3,(H,12,17)(H2,13,14,15,16). The lowest BCUT2D eigenvalue weighted by Crippen LogP contribution is -2.30. The summed E-state index contributed by atoms with van der Waals surface area (Å²) in [6.07, 6.45) is 2.30. The molecule has 1 aromatic rings. The molecule has 1 aromatic heterocycles. The molecular weight excluding hydrogens is 220 g/mol. The number of aromatic nitrogens is 2. The molecular formula is C10H18N6O. The van der Waals surface area contributed by atoms with E-state index in [2.05, 4.69) is 26.0 Å². The van der Waals surface area contributed by atoms with E-state index < -0.39 is 0 Å². The van der Waals surface area contributed by atoms with Crippen molar-refractivity contribution >= 4 is 17.5 Å². The zero-order valence-corrected chi connectivity index (χ0v) is 10.1. The Kier molecular flexibility index (Phi) is 5.15. The highest BCUT2D eigenvalue weighted by molar-refractivity contribution is 5.80. The van der Waals surface area contributed by atoms with E-state index in [1.807, 2.05) is 13.8 Å². The predicted molar refractivity (Wildman–Crippen MR) is 66.4 cm³/mol. The molecule has 1 amide bonds. The Morgan fingerprint density at radius 1 is 1.41 bits per heavy atom. The number of hydrogen-bond donors (Lipinski definition) is 4. The summed E-state index contributed by atoms with van der Waals surface area (Å²) in [6, 6.07) is 0. The highest BCUT2D eigenvalue weighted by Crippen LogP contribution is 2.16. The van der Waals surface area contributed by atoms with Crippen LogP contribution in [0.5, 0.6) is 0 Å². The van der Waals surface area contributed by atoms with E-state index in [1.54, 1.807) is 0 Å². The Bertz CT molecular complexity index is 381. The fourth-order valence-corrected chi connectivity index (χ4v) is 1.26. The largest absolute Gasteiger partial charge is 0.361 e. The molecule has 7 heteroatoms. The summed E-state index contributed by atoms with van der Waals surface area (Å²) >= 11 is 0. The second kappa shape index (κ2) is 6.64. The zero-order valence-electron chi connectivity index (χ0n) is 10.1. The van der Waals surface area contributed by atoms with Crippen LogP contribution in [0.15, 0.2) is 6.33 Å². The zero-order chi connectivity index (χ0) is 12.7. The molecule has 1 heterocycles. The van der Waals surface area contributed by atoms with Crippen molar-refractivity contribution in [3.8, 4) is 0 Å². The Morgan fingerprint density at radius 2 is 2.12 bits per heavy atom. The molecule has 0 saturated heterocycles. The van der Waals surface area contributed by atoms with Crippen molar-refractivity contribution in [1.29, 1.82) is 0 Å². The number of anilines is 2. The van der Waals surface area contributed by atoms with Crippen molar-refractivity contribution in [3.63, 3.8) is 0 Å². The lowest BCUT2D eigenvalue weighted by molar-refractivity contribution is -0.119. The number of nitrogens with two attached hydrogens (primary N) is 1. The highest BCUT2D eigenvalue weighted by atomic mass is 16.1. The average molecular weight is 238 g/mol. The van der Waals surface area contributed by atoms with Crippen molar-refractivity contribution in [1.82, 2.24) is 15.3 Å². The molecule has 94 valence electrons. The molecule has 0 atom stereocenters. The lowest BCUT2D eigenvalue weighted by atomic mass is 10.3. The van der Waals surface area contributed by atoms with E-state index in [-0.39, 0.29) is 12.5 Å². The van der Waals surface area contributed by atoms with Gasteiger partial charge in [0.25, 0.3) is 0 Å². The third kappa shape index (κ3) is 3.87. The summed E-state index contributed by atoms with van der Waals surface area (Å²) in [7, 11) is 0. The maximum Gasteiger partial charge on any atom is 0.239 e. The van der Waals surface area contributed by atoms with Gasteiger partial charge in [-0.2, -0.15) is 0 Å². The molecule has 0 unspecified atom stereocenters. The molecule has 0 aliphatic carbocycles. The second-order valence-corrected chi connectivity index (χ2v) is 3.54. The van der Waals surface area contributed by atoms with Gasteiger partial charge in [0.2, 0.25) is 5.91 Å². The summed E-state index contributed by atoms with van der Waals surface area (Å²) in [5.41, 5.74) is 3.24. The van der Waals surface area contributed by atoms with Gasteiger partial charge in [0, 0.05) is 12.1 Å². The highest BCUT2D eigenvalue weighted by Gasteiger charge is 2.07. The molecule has 0 bridgehead atoms. The first-order valence-corrected chi connectivity index (χ1v) is 5.47. The quantitative estimate of drug-likeness (QED) is 0.411. The summed E-state index contributed by atoms with van der Waals surface area (Å²) in [5.74, 6) is 6.37. The van der Waals surface area contributed by atoms with Crippen molar-refractivity contribution in [2.75, 3.05) is 23.8 Å². The minimum atomic E-state index is -0.0629. The van der Waals surface area contributed by atoms with Gasteiger partial charge in [-0.25, -0.2) is 15.8 Å². The molecule has 0 aliphatic heterocycles. The van der Waals surface area contributed by atoms with Gasteiger partial charge in [-0.15, -0.1) is 0 Å². The number of rotatable bonds is 6. The summed E-state index contributed by atoms with van der Waals surface area (Å²) < 4.78 is 0. The molecule has 0 radical (unpaired) electrons. The van der Waals surface area contributed by atoms with Crippen LogP contribution < -0.4 is 21.9 Å². The predicted octanol–water partition coefficient (Wildman–Crippen LogP) is 0.00872. The molecule has 0 aromatic carbocycles. The second-order valence-electron chi connectivity index (χ2n) is 3.54. The van der Waals surface area contributed by atoms with Crippen LogP contribution in [0.3, 0.4) is 0 Å². The van der Waals surface area contributed by atoms with Crippen LogP contribution in [0.25, 0.3) is 0 Å². The van der Waals surface area contributed by atoms with E-state index in [0.29, 0.717) is 18.2 Å².